The van der Waals surface area contributed by atoms with Crippen molar-refractivity contribution in [1.29, 1.82) is 0 Å². The van der Waals surface area contributed by atoms with E-state index in [1.54, 1.807) is 24.3 Å². The van der Waals surface area contributed by atoms with Crippen LogP contribution in [0.3, 0.4) is 0 Å². The summed E-state index contributed by atoms with van der Waals surface area (Å²) in [6, 6.07) is 6.56. The lowest BCUT2D eigenvalue weighted by Crippen LogP contribution is -2.46. The zero-order chi connectivity index (χ0) is 18.0. The molecule has 1 aliphatic rings. The van der Waals surface area contributed by atoms with E-state index in [9.17, 15) is 13.2 Å². The molecule has 0 bridgehead atoms. The van der Waals surface area contributed by atoms with Crippen molar-refractivity contribution in [2.75, 3.05) is 38.5 Å². The first kappa shape index (κ1) is 18.2. The molecule has 1 aromatic carbocycles. The average Bonchev–Trinajstić information content (AvgIpc) is 3.05. The summed E-state index contributed by atoms with van der Waals surface area (Å²) in [5.41, 5.74) is 0.280. The number of amides is 1. The van der Waals surface area contributed by atoms with Crippen molar-refractivity contribution >= 4 is 44.0 Å². The maximum absolute atomic E-state index is 12.6. The van der Waals surface area contributed by atoms with E-state index in [-0.39, 0.29) is 15.0 Å². The number of piperazine rings is 1. The number of hydrogen-bond donors (Lipinski definition) is 1. The predicted octanol–water partition coefficient (Wildman–Crippen LogP) is 1.38. The smallest absolute Gasteiger partial charge is 0.272 e. The van der Waals surface area contributed by atoms with Crippen molar-refractivity contribution in [1.82, 2.24) is 19.4 Å². The second kappa shape index (κ2) is 7.34. The molecular formula is C14H16ClN5O3S2. The molecule has 1 aromatic heterocycles. The number of benzene rings is 1. The molecule has 1 N–H and O–H groups in total. The molecule has 0 radical (unpaired) electrons. The highest BCUT2D eigenvalue weighted by Gasteiger charge is 2.31. The van der Waals surface area contributed by atoms with Gasteiger partial charge in [-0.3, -0.25) is 10.1 Å². The van der Waals surface area contributed by atoms with Gasteiger partial charge in [-0.1, -0.05) is 35.1 Å². The van der Waals surface area contributed by atoms with Gasteiger partial charge in [0, 0.05) is 26.2 Å². The van der Waals surface area contributed by atoms with Crippen LogP contribution in [0.1, 0.15) is 10.4 Å². The molecule has 2 heterocycles. The Morgan fingerprint density at radius 3 is 2.56 bits per heavy atom. The molecule has 1 fully saturated rings. The van der Waals surface area contributed by atoms with Gasteiger partial charge in [0.2, 0.25) is 9.47 Å². The first-order valence-electron chi connectivity index (χ1n) is 7.46. The molecule has 0 aliphatic carbocycles. The highest BCUT2D eigenvalue weighted by molar-refractivity contribution is 7.91. The lowest BCUT2D eigenvalue weighted by Gasteiger charge is -2.30. The Labute approximate surface area is 154 Å². The molecule has 0 unspecified atom stereocenters. The monoisotopic (exact) mass is 401 g/mol. The number of carbonyl (C=O) groups excluding carboxylic acids is 1. The summed E-state index contributed by atoms with van der Waals surface area (Å²) >= 11 is 6.80. The summed E-state index contributed by atoms with van der Waals surface area (Å²) < 4.78 is 26.4. The van der Waals surface area contributed by atoms with E-state index < -0.39 is 15.9 Å². The van der Waals surface area contributed by atoms with Gasteiger partial charge in [0.1, 0.15) is 0 Å². The lowest BCUT2D eigenvalue weighted by atomic mass is 10.2. The Kier molecular flexibility index (Phi) is 5.35. The van der Waals surface area contributed by atoms with Crippen LogP contribution in [0.5, 0.6) is 0 Å². The summed E-state index contributed by atoms with van der Waals surface area (Å²) in [5, 5.41) is 10.4. The third-order valence-electron chi connectivity index (χ3n) is 3.77. The number of nitrogens with one attached hydrogen (secondary N) is 1. The first-order valence-corrected chi connectivity index (χ1v) is 10.1. The Morgan fingerprint density at radius 1 is 1.20 bits per heavy atom. The van der Waals surface area contributed by atoms with Crippen LogP contribution in [0.25, 0.3) is 0 Å². The van der Waals surface area contributed by atoms with Crippen LogP contribution in [0.15, 0.2) is 28.6 Å². The molecule has 8 nitrogen and oxygen atoms in total. The average molecular weight is 402 g/mol. The minimum atomic E-state index is -3.70. The molecule has 1 saturated heterocycles. The van der Waals surface area contributed by atoms with Crippen LogP contribution < -0.4 is 5.32 Å². The number of aromatic nitrogens is 2. The van der Waals surface area contributed by atoms with Crippen molar-refractivity contribution in [2.45, 2.75) is 4.34 Å². The number of sulfonamides is 1. The molecular weight excluding hydrogens is 386 g/mol. The van der Waals surface area contributed by atoms with Crippen LogP contribution in [0.4, 0.5) is 5.13 Å². The van der Waals surface area contributed by atoms with Crippen LogP contribution in [-0.4, -0.2) is 67.0 Å². The minimum absolute atomic E-state index is 0.109. The van der Waals surface area contributed by atoms with Gasteiger partial charge in [-0.25, -0.2) is 8.42 Å². The number of anilines is 1. The Bertz CT molecular complexity index is 878. The second-order valence-electron chi connectivity index (χ2n) is 5.51. The summed E-state index contributed by atoms with van der Waals surface area (Å²) in [6.45, 7) is 2.13. The molecule has 11 heteroatoms. The standard InChI is InChI=1S/C14H16ClN5O3S2/c1-19-6-8-20(9-7-19)25(22,23)14-18-17-13(24-14)16-12(21)10-4-2-3-5-11(10)15/h2-5H,6-9H2,1H3,(H,16,17,21). The van der Waals surface area contributed by atoms with Gasteiger partial charge < -0.3 is 4.90 Å². The summed E-state index contributed by atoms with van der Waals surface area (Å²) in [7, 11) is -1.76. The quantitative estimate of drug-likeness (QED) is 0.777. The highest BCUT2D eigenvalue weighted by Crippen LogP contribution is 2.25. The molecule has 3 rings (SSSR count). The molecule has 0 spiro atoms. The molecule has 1 aliphatic heterocycles. The SMILES string of the molecule is CN1CCN(S(=O)(=O)c2nnc(NC(=O)c3ccccc3Cl)s2)CC1. The Balaban J connectivity index is 1.74. The third-order valence-corrected chi connectivity index (χ3v) is 7.18. The van der Waals surface area contributed by atoms with Crippen LogP contribution in [0.2, 0.25) is 5.02 Å². The fourth-order valence-corrected chi connectivity index (χ4v) is 4.99. The lowest BCUT2D eigenvalue weighted by molar-refractivity contribution is 0.102. The normalized spacial score (nSPS) is 16.7. The van der Waals surface area contributed by atoms with E-state index in [1.165, 1.54) is 4.31 Å². The highest BCUT2D eigenvalue weighted by atomic mass is 35.5. The zero-order valence-electron chi connectivity index (χ0n) is 13.3. The van der Waals surface area contributed by atoms with Crippen LogP contribution >= 0.6 is 22.9 Å². The van der Waals surface area contributed by atoms with Gasteiger partial charge in [0.05, 0.1) is 10.6 Å². The molecule has 0 atom stereocenters. The van der Waals surface area contributed by atoms with Crippen LogP contribution in [-0.2, 0) is 10.0 Å². The number of halogens is 1. The molecule has 134 valence electrons. The molecule has 1 amide bonds. The summed E-state index contributed by atoms with van der Waals surface area (Å²) in [6.07, 6.45) is 0. The number of nitrogens with zero attached hydrogens (tertiary/aromatic N) is 4. The second-order valence-corrected chi connectivity index (χ2v) is 9.01. The van der Waals surface area contributed by atoms with Gasteiger partial charge >= 0.3 is 0 Å². The maximum Gasteiger partial charge on any atom is 0.272 e. The molecule has 25 heavy (non-hydrogen) atoms. The third kappa shape index (κ3) is 3.98. The van der Waals surface area contributed by atoms with E-state index in [1.807, 2.05) is 7.05 Å². The van der Waals surface area contributed by atoms with Gasteiger partial charge in [0.25, 0.3) is 15.9 Å². The van der Waals surface area contributed by atoms with Crippen molar-refractivity contribution in [3.8, 4) is 0 Å². The van der Waals surface area contributed by atoms with Crippen molar-refractivity contribution in [3.05, 3.63) is 34.9 Å². The van der Waals surface area contributed by atoms with E-state index in [4.69, 9.17) is 11.6 Å². The number of carbonyl (C=O) groups is 1. The fraction of sp³-hybridized carbons (Fsp3) is 0.357. The topological polar surface area (TPSA) is 95.5 Å². The largest absolute Gasteiger partial charge is 0.304 e. The predicted molar refractivity (Wildman–Crippen MR) is 95.6 cm³/mol. The van der Waals surface area contributed by atoms with Crippen molar-refractivity contribution < 1.29 is 13.2 Å². The summed E-state index contributed by atoms with van der Waals surface area (Å²) in [4.78, 5) is 14.3. The minimum Gasteiger partial charge on any atom is -0.304 e. The van der Waals surface area contributed by atoms with Gasteiger partial charge in [-0.05, 0) is 19.2 Å². The number of rotatable bonds is 4. The summed E-state index contributed by atoms with van der Waals surface area (Å²) in [5.74, 6) is -0.467. The van der Waals surface area contributed by atoms with E-state index >= 15 is 0 Å². The van der Waals surface area contributed by atoms with Gasteiger partial charge in [0.15, 0.2) is 0 Å². The van der Waals surface area contributed by atoms with E-state index in [2.05, 4.69) is 20.4 Å². The molecule has 0 saturated carbocycles. The maximum atomic E-state index is 12.6. The van der Waals surface area contributed by atoms with Crippen LogP contribution in [0, 0.1) is 0 Å². The Morgan fingerprint density at radius 2 is 1.88 bits per heavy atom. The van der Waals surface area contributed by atoms with E-state index in [0.717, 1.165) is 11.3 Å². The Hall–Kier alpha value is -1.59. The van der Waals surface area contributed by atoms with E-state index in [0.29, 0.717) is 31.2 Å². The fourth-order valence-electron chi connectivity index (χ4n) is 2.31. The zero-order valence-corrected chi connectivity index (χ0v) is 15.7. The van der Waals surface area contributed by atoms with Gasteiger partial charge in [-0.2, -0.15) is 4.31 Å². The van der Waals surface area contributed by atoms with Gasteiger partial charge in [-0.15, -0.1) is 10.2 Å². The number of likely N-dealkylation sites (N-methyl/N-ethyl adjacent to an activating group) is 1. The van der Waals surface area contributed by atoms with Crippen molar-refractivity contribution in [3.63, 3.8) is 0 Å². The molecule has 2 aromatic rings. The first-order chi connectivity index (χ1) is 11.9. The number of hydrogen-bond acceptors (Lipinski definition) is 7. The van der Waals surface area contributed by atoms with Crippen molar-refractivity contribution in [2.24, 2.45) is 0 Å².